The number of hydrogen-bond donors (Lipinski definition) is 0. The number of hydrogen-bond acceptors (Lipinski definition) is 6. The van der Waals surface area contributed by atoms with Crippen LogP contribution in [0.15, 0.2) is 24.3 Å². The third-order valence-electron chi connectivity index (χ3n) is 16.7. The van der Waals surface area contributed by atoms with Crippen LogP contribution in [-0.2, 0) is 28.6 Å². The molecule has 0 bridgehead atoms. The summed E-state index contributed by atoms with van der Waals surface area (Å²) in [7, 11) is 0. The minimum absolute atomic E-state index is 0.0628. The lowest BCUT2D eigenvalue weighted by molar-refractivity contribution is -0.167. The van der Waals surface area contributed by atoms with Gasteiger partial charge in [0.2, 0.25) is 0 Å². The molecule has 0 aromatic rings. The third kappa shape index (κ3) is 66.7. The van der Waals surface area contributed by atoms with Gasteiger partial charge in [-0.15, -0.1) is 0 Å². The van der Waals surface area contributed by atoms with Gasteiger partial charge >= 0.3 is 17.9 Å². The highest BCUT2D eigenvalue weighted by atomic mass is 16.6. The van der Waals surface area contributed by atoms with Crippen molar-refractivity contribution in [3.05, 3.63) is 24.3 Å². The number of unbranched alkanes of at least 4 members (excludes halogenated alkanes) is 53. The minimum atomic E-state index is -0.764. The molecule has 0 aromatic carbocycles. The Bertz CT molecular complexity index is 1290. The highest BCUT2D eigenvalue weighted by Gasteiger charge is 2.19. The molecule has 80 heavy (non-hydrogen) atoms. The van der Waals surface area contributed by atoms with Crippen molar-refractivity contribution in [2.45, 2.75) is 419 Å². The molecule has 0 aliphatic rings. The van der Waals surface area contributed by atoms with E-state index in [1.807, 2.05) is 0 Å². The fourth-order valence-electron chi connectivity index (χ4n) is 11.2. The van der Waals surface area contributed by atoms with Crippen molar-refractivity contribution >= 4 is 17.9 Å². The van der Waals surface area contributed by atoms with Gasteiger partial charge in [-0.05, 0) is 51.4 Å². The Morgan fingerprint density at radius 3 is 0.688 bits per heavy atom. The van der Waals surface area contributed by atoms with Crippen LogP contribution in [0.5, 0.6) is 0 Å². The van der Waals surface area contributed by atoms with Crippen molar-refractivity contribution in [2.75, 3.05) is 13.2 Å². The Hall–Kier alpha value is -2.11. The molecule has 0 saturated carbocycles. The van der Waals surface area contributed by atoms with Gasteiger partial charge in [0.15, 0.2) is 6.10 Å². The Morgan fingerprint density at radius 1 is 0.250 bits per heavy atom. The SMILES string of the molecule is CCCCCCC/C=C\C/C=C\CCCCCCCCCCCCCCCCCCCCCCCCCC(=O)OCC(COC(=O)CCCCCCCCCCCC)OC(=O)CCCCCCCCCCCCCCCCCCC. The van der Waals surface area contributed by atoms with E-state index in [1.54, 1.807) is 0 Å². The molecule has 0 fully saturated rings. The van der Waals surface area contributed by atoms with Crippen molar-refractivity contribution in [1.29, 1.82) is 0 Å². The van der Waals surface area contributed by atoms with Crippen LogP contribution < -0.4 is 0 Å². The topological polar surface area (TPSA) is 78.9 Å². The first-order valence-electron chi connectivity index (χ1n) is 36.3. The average Bonchev–Trinajstić information content (AvgIpc) is 3.46. The number of carbonyl (C=O) groups excluding carboxylic acids is 3. The van der Waals surface area contributed by atoms with E-state index < -0.39 is 6.10 Å². The monoisotopic (exact) mass is 1130 g/mol. The zero-order valence-corrected chi connectivity index (χ0v) is 54.4. The normalized spacial score (nSPS) is 12.1. The summed E-state index contributed by atoms with van der Waals surface area (Å²) in [4.78, 5) is 38.3. The van der Waals surface area contributed by atoms with Gasteiger partial charge in [-0.25, -0.2) is 0 Å². The van der Waals surface area contributed by atoms with Crippen LogP contribution in [0.4, 0.5) is 0 Å². The summed E-state index contributed by atoms with van der Waals surface area (Å²) in [5.74, 6) is -0.832. The van der Waals surface area contributed by atoms with Gasteiger partial charge in [0, 0.05) is 19.3 Å². The van der Waals surface area contributed by atoms with Crippen molar-refractivity contribution in [3.8, 4) is 0 Å². The Labute approximate surface area is 500 Å². The van der Waals surface area contributed by atoms with E-state index in [-0.39, 0.29) is 31.1 Å². The molecule has 1 atom stereocenters. The fourth-order valence-corrected chi connectivity index (χ4v) is 11.2. The van der Waals surface area contributed by atoms with Crippen LogP contribution >= 0.6 is 0 Å². The lowest BCUT2D eigenvalue weighted by Gasteiger charge is -2.18. The predicted octanol–water partition coefficient (Wildman–Crippen LogP) is 25.0. The molecule has 0 aliphatic heterocycles. The second-order valence-electron chi connectivity index (χ2n) is 24.9. The summed E-state index contributed by atoms with van der Waals surface area (Å²) < 4.78 is 16.9. The summed E-state index contributed by atoms with van der Waals surface area (Å²) in [6, 6.07) is 0. The van der Waals surface area contributed by atoms with Crippen molar-refractivity contribution in [2.24, 2.45) is 0 Å². The van der Waals surface area contributed by atoms with E-state index in [0.29, 0.717) is 19.3 Å². The number of rotatable bonds is 68. The fraction of sp³-hybridized carbons (Fsp3) is 0.905. The summed E-state index contributed by atoms with van der Waals surface area (Å²) in [5.41, 5.74) is 0. The first kappa shape index (κ1) is 77.9. The molecule has 0 spiro atoms. The van der Waals surface area contributed by atoms with Gasteiger partial charge in [0.25, 0.3) is 0 Å². The number of esters is 3. The van der Waals surface area contributed by atoms with E-state index in [2.05, 4.69) is 45.1 Å². The molecule has 0 heterocycles. The molecule has 0 radical (unpaired) electrons. The molecule has 0 rings (SSSR count). The zero-order valence-electron chi connectivity index (χ0n) is 54.4. The molecule has 6 heteroatoms. The Balaban J connectivity index is 3.99. The van der Waals surface area contributed by atoms with Crippen LogP contribution in [-0.4, -0.2) is 37.2 Å². The average molecular weight is 1130 g/mol. The lowest BCUT2D eigenvalue weighted by Crippen LogP contribution is -2.30. The van der Waals surface area contributed by atoms with Crippen molar-refractivity contribution < 1.29 is 28.6 Å². The molecular formula is C74H140O6. The van der Waals surface area contributed by atoms with E-state index in [1.165, 1.54) is 308 Å². The smallest absolute Gasteiger partial charge is 0.306 e. The summed E-state index contributed by atoms with van der Waals surface area (Å²) in [6.07, 6.45) is 85.2. The first-order chi connectivity index (χ1) is 39.5. The molecule has 1 unspecified atom stereocenters. The van der Waals surface area contributed by atoms with Crippen LogP contribution in [0.1, 0.15) is 412 Å². The lowest BCUT2D eigenvalue weighted by atomic mass is 10.0. The standard InChI is InChI=1S/C74H140O6/c1-4-7-10-13-16-19-22-24-26-28-29-30-31-32-33-34-35-36-37-38-39-40-41-42-43-44-45-47-48-50-52-55-58-61-64-67-73(76)79-70-71(69-78-72(75)66-63-60-57-54-21-18-15-12-9-6-3)80-74(77)68-65-62-59-56-53-51-49-46-27-25-23-20-17-14-11-8-5-2/h22,24,28-29,71H,4-21,23,25-27,30-70H2,1-3H3/b24-22-,29-28-. The zero-order chi connectivity index (χ0) is 57.8. The maximum absolute atomic E-state index is 12.9. The molecule has 0 saturated heterocycles. The van der Waals surface area contributed by atoms with Crippen molar-refractivity contribution in [1.82, 2.24) is 0 Å². The quantitative estimate of drug-likeness (QED) is 0.0261. The third-order valence-corrected chi connectivity index (χ3v) is 16.7. The molecular weight excluding hydrogens is 985 g/mol. The number of carbonyl (C=O) groups is 3. The number of allylic oxidation sites excluding steroid dienone is 4. The second-order valence-corrected chi connectivity index (χ2v) is 24.9. The van der Waals surface area contributed by atoms with E-state index in [0.717, 1.165) is 64.2 Å². The van der Waals surface area contributed by atoms with Gasteiger partial charge in [-0.1, -0.05) is 366 Å². The minimum Gasteiger partial charge on any atom is -0.462 e. The largest absolute Gasteiger partial charge is 0.462 e. The van der Waals surface area contributed by atoms with Crippen LogP contribution in [0.25, 0.3) is 0 Å². The van der Waals surface area contributed by atoms with E-state index in [4.69, 9.17) is 14.2 Å². The first-order valence-corrected chi connectivity index (χ1v) is 36.3. The van der Waals surface area contributed by atoms with Gasteiger partial charge in [-0.2, -0.15) is 0 Å². The molecule has 0 aliphatic carbocycles. The molecule has 6 nitrogen and oxygen atoms in total. The van der Waals surface area contributed by atoms with Crippen LogP contribution in [0.2, 0.25) is 0 Å². The molecule has 472 valence electrons. The van der Waals surface area contributed by atoms with Gasteiger partial charge in [0.1, 0.15) is 13.2 Å². The van der Waals surface area contributed by atoms with Gasteiger partial charge < -0.3 is 14.2 Å². The molecule has 0 aromatic heterocycles. The molecule has 0 amide bonds. The Morgan fingerprint density at radius 2 is 0.450 bits per heavy atom. The maximum atomic E-state index is 12.9. The summed E-state index contributed by atoms with van der Waals surface area (Å²) in [5, 5.41) is 0. The van der Waals surface area contributed by atoms with E-state index in [9.17, 15) is 14.4 Å². The highest BCUT2D eigenvalue weighted by molar-refractivity contribution is 5.71. The van der Waals surface area contributed by atoms with Crippen LogP contribution in [0.3, 0.4) is 0 Å². The van der Waals surface area contributed by atoms with Gasteiger partial charge in [0.05, 0.1) is 0 Å². The molecule has 0 N–H and O–H groups in total. The van der Waals surface area contributed by atoms with Crippen molar-refractivity contribution in [3.63, 3.8) is 0 Å². The summed E-state index contributed by atoms with van der Waals surface area (Å²) >= 11 is 0. The number of ether oxygens (including phenoxy) is 3. The van der Waals surface area contributed by atoms with E-state index >= 15 is 0 Å². The maximum Gasteiger partial charge on any atom is 0.306 e. The second kappa shape index (κ2) is 69.4. The van der Waals surface area contributed by atoms with Gasteiger partial charge in [-0.3, -0.25) is 14.4 Å². The predicted molar refractivity (Wildman–Crippen MR) is 349 cm³/mol. The Kier molecular flexibility index (Phi) is 67.6. The van der Waals surface area contributed by atoms with Crippen LogP contribution in [0, 0.1) is 0 Å². The summed E-state index contributed by atoms with van der Waals surface area (Å²) in [6.45, 7) is 6.69. The highest BCUT2D eigenvalue weighted by Crippen LogP contribution is 2.19.